The number of nitrogens with two attached hydrogens (primary N) is 1. The van der Waals surface area contributed by atoms with Gasteiger partial charge in [0.05, 0.1) is 5.54 Å². The molecule has 0 aromatic heterocycles. The first-order valence-electron chi connectivity index (χ1n) is 9.13. The van der Waals surface area contributed by atoms with Gasteiger partial charge in [-0.05, 0) is 37.6 Å². The Morgan fingerprint density at radius 2 is 1.65 bits per heavy atom. The molecule has 148 valence electrons. The van der Waals surface area contributed by atoms with Crippen molar-refractivity contribution < 1.29 is 4.79 Å². The molecule has 1 saturated heterocycles. The highest BCUT2D eigenvalue weighted by molar-refractivity contribution is 5.94. The zero-order chi connectivity index (χ0) is 17.0. The van der Waals surface area contributed by atoms with Crippen LogP contribution in [0.4, 0.5) is 0 Å². The molecule has 0 radical (unpaired) electrons. The summed E-state index contributed by atoms with van der Waals surface area (Å²) in [6.45, 7) is 5.96. The minimum Gasteiger partial charge on any atom is -0.345 e. The number of rotatable bonds is 5. The summed E-state index contributed by atoms with van der Waals surface area (Å²) < 4.78 is 0. The standard InChI is InChI=1S/C19H30N4O.2ClH/c1-22-10-12-23(13-11-22)14-16-4-6-17(7-5-16)18(24)21-19(15-20)8-2-3-9-19;;/h4-7H,2-3,8-15,20H2,1H3,(H,21,24);2*1H. The maximum Gasteiger partial charge on any atom is 0.251 e. The van der Waals surface area contributed by atoms with Gasteiger partial charge >= 0.3 is 0 Å². The average Bonchev–Trinajstić information content (AvgIpc) is 3.06. The lowest BCUT2D eigenvalue weighted by molar-refractivity contribution is 0.0903. The van der Waals surface area contributed by atoms with Crippen LogP contribution in [0.25, 0.3) is 0 Å². The van der Waals surface area contributed by atoms with E-state index in [9.17, 15) is 4.79 Å². The molecule has 7 heteroatoms. The number of likely N-dealkylation sites (N-methyl/N-ethyl adjacent to an activating group) is 1. The zero-order valence-corrected chi connectivity index (χ0v) is 17.2. The molecular weight excluding hydrogens is 371 g/mol. The van der Waals surface area contributed by atoms with E-state index in [4.69, 9.17) is 5.73 Å². The fourth-order valence-electron chi connectivity index (χ4n) is 3.77. The van der Waals surface area contributed by atoms with Crippen LogP contribution >= 0.6 is 24.8 Å². The van der Waals surface area contributed by atoms with Gasteiger partial charge in [-0.15, -0.1) is 24.8 Å². The second-order valence-corrected chi connectivity index (χ2v) is 7.42. The van der Waals surface area contributed by atoms with Gasteiger partial charge in [-0.3, -0.25) is 9.69 Å². The Labute approximate surface area is 169 Å². The van der Waals surface area contributed by atoms with E-state index in [1.165, 1.54) is 5.56 Å². The number of amides is 1. The summed E-state index contributed by atoms with van der Waals surface area (Å²) >= 11 is 0. The van der Waals surface area contributed by atoms with Crippen LogP contribution in [0.5, 0.6) is 0 Å². The van der Waals surface area contributed by atoms with Crippen LogP contribution in [0.3, 0.4) is 0 Å². The van der Waals surface area contributed by atoms with Crippen LogP contribution in [0.2, 0.25) is 0 Å². The van der Waals surface area contributed by atoms with Crippen molar-refractivity contribution in [3.05, 3.63) is 35.4 Å². The molecule has 0 unspecified atom stereocenters. The minimum absolute atomic E-state index is 0. The second kappa shape index (κ2) is 10.5. The maximum atomic E-state index is 12.5. The van der Waals surface area contributed by atoms with Crippen LogP contribution in [0.15, 0.2) is 24.3 Å². The fraction of sp³-hybridized carbons (Fsp3) is 0.632. The van der Waals surface area contributed by atoms with Gasteiger partial charge in [0.25, 0.3) is 5.91 Å². The fourth-order valence-corrected chi connectivity index (χ4v) is 3.77. The average molecular weight is 403 g/mol. The zero-order valence-electron chi connectivity index (χ0n) is 15.6. The van der Waals surface area contributed by atoms with Gasteiger partial charge in [0.1, 0.15) is 0 Å². The monoisotopic (exact) mass is 402 g/mol. The predicted octanol–water partition coefficient (Wildman–Crippen LogP) is 2.28. The van der Waals surface area contributed by atoms with Gasteiger partial charge in [0.15, 0.2) is 0 Å². The van der Waals surface area contributed by atoms with Gasteiger partial charge in [-0.1, -0.05) is 25.0 Å². The number of hydrogen-bond donors (Lipinski definition) is 2. The van der Waals surface area contributed by atoms with Gasteiger partial charge < -0.3 is 16.0 Å². The van der Waals surface area contributed by atoms with Crippen molar-refractivity contribution in [1.82, 2.24) is 15.1 Å². The smallest absolute Gasteiger partial charge is 0.251 e. The summed E-state index contributed by atoms with van der Waals surface area (Å²) in [6.07, 6.45) is 4.30. The molecule has 1 aromatic carbocycles. The Hall–Kier alpha value is -0.850. The molecule has 1 aliphatic carbocycles. The summed E-state index contributed by atoms with van der Waals surface area (Å²) in [5.41, 5.74) is 7.73. The van der Waals surface area contributed by atoms with E-state index in [2.05, 4.69) is 34.3 Å². The molecule has 1 saturated carbocycles. The topological polar surface area (TPSA) is 61.6 Å². The molecule has 3 rings (SSSR count). The molecule has 0 spiro atoms. The third-order valence-corrected chi connectivity index (χ3v) is 5.55. The van der Waals surface area contributed by atoms with Crippen LogP contribution in [0, 0.1) is 0 Å². The van der Waals surface area contributed by atoms with Gasteiger partial charge in [-0.2, -0.15) is 0 Å². The van der Waals surface area contributed by atoms with Crippen LogP contribution in [-0.4, -0.2) is 61.0 Å². The molecule has 1 aromatic rings. The molecule has 1 amide bonds. The van der Waals surface area contributed by atoms with Crippen molar-refractivity contribution in [3.63, 3.8) is 0 Å². The van der Waals surface area contributed by atoms with Crippen molar-refractivity contribution in [2.45, 2.75) is 37.8 Å². The van der Waals surface area contributed by atoms with Crippen molar-refractivity contribution >= 4 is 30.7 Å². The number of nitrogens with zero attached hydrogens (tertiary/aromatic N) is 2. The Balaban J connectivity index is 0.00000169. The third kappa shape index (κ3) is 5.83. The summed E-state index contributed by atoms with van der Waals surface area (Å²) in [5.74, 6) is 0.00787. The number of halogens is 2. The van der Waals surface area contributed by atoms with Gasteiger partial charge in [-0.25, -0.2) is 0 Å². The molecule has 5 nitrogen and oxygen atoms in total. The van der Waals surface area contributed by atoms with E-state index in [0.717, 1.165) is 64.0 Å². The Kier molecular flexibility index (Phi) is 9.34. The quantitative estimate of drug-likeness (QED) is 0.792. The lowest BCUT2D eigenvalue weighted by Gasteiger charge is -2.32. The van der Waals surface area contributed by atoms with Crippen LogP contribution in [-0.2, 0) is 6.54 Å². The van der Waals surface area contributed by atoms with Crippen molar-refractivity contribution in [2.24, 2.45) is 5.73 Å². The first kappa shape index (κ1) is 23.2. The van der Waals surface area contributed by atoms with Crippen LogP contribution < -0.4 is 11.1 Å². The van der Waals surface area contributed by atoms with E-state index in [-0.39, 0.29) is 36.3 Å². The molecular formula is C19H32Cl2N4O. The van der Waals surface area contributed by atoms with Crippen molar-refractivity contribution in [3.8, 4) is 0 Å². The normalized spacial score (nSPS) is 20.1. The maximum absolute atomic E-state index is 12.5. The summed E-state index contributed by atoms with van der Waals surface area (Å²) in [7, 11) is 2.17. The Bertz CT molecular complexity index is 553. The highest BCUT2D eigenvalue weighted by Gasteiger charge is 2.34. The van der Waals surface area contributed by atoms with E-state index in [1.54, 1.807) is 0 Å². The van der Waals surface area contributed by atoms with E-state index >= 15 is 0 Å². The molecule has 0 bridgehead atoms. The lowest BCUT2D eigenvalue weighted by atomic mass is 9.97. The number of piperazine rings is 1. The van der Waals surface area contributed by atoms with Crippen molar-refractivity contribution in [1.29, 1.82) is 0 Å². The molecule has 26 heavy (non-hydrogen) atoms. The number of carbonyl (C=O) groups excluding carboxylic acids is 1. The number of carbonyl (C=O) groups is 1. The van der Waals surface area contributed by atoms with E-state index in [1.807, 2.05) is 12.1 Å². The van der Waals surface area contributed by atoms with Crippen molar-refractivity contribution in [2.75, 3.05) is 39.8 Å². The molecule has 2 fully saturated rings. The predicted molar refractivity (Wildman–Crippen MR) is 111 cm³/mol. The van der Waals surface area contributed by atoms with Crippen LogP contribution in [0.1, 0.15) is 41.6 Å². The highest BCUT2D eigenvalue weighted by Crippen LogP contribution is 2.29. The van der Waals surface area contributed by atoms with E-state index in [0.29, 0.717) is 6.54 Å². The first-order valence-corrected chi connectivity index (χ1v) is 9.13. The largest absolute Gasteiger partial charge is 0.345 e. The molecule has 2 aliphatic rings. The second-order valence-electron chi connectivity index (χ2n) is 7.42. The first-order chi connectivity index (χ1) is 11.6. The highest BCUT2D eigenvalue weighted by atomic mass is 35.5. The van der Waals surface area contributed by atoms with Gasteiger partial charge in [0, 0.05) is 44.8 Å². The SMILES string of the molecule is CN1CCN(Cc2ccc(C(=O)NC3(CN)CCCC3)cc2)CC1.Cl.Cl. The summed E-state index contributed by atoms with van der Waals surface area (Å²) in [4.78, 5) is 17.4. The molecule has 1 aliphatic heterocycles. The Morgan fingerprint density at radius 1 is 1.08 bits per heavy atom. The lowest BCUT2D eigenvalue weighted by Crippen LogP contribution is -2.51. The number of benzene rings is 1. The Morgan fingerprint density at radius 3 is 2.19 bits per heavy atom. The minimum atomic E-state index is -0.185. The molecule has 1 heterocycles. The number of hydrogen-bond acceptors (Lipinski definition) is 4. The molecule has 3 N–H and O–H groups in total. The van der Waals surface area contributed by atoms with Gasteiger partial charge in [0.2, 0.25) is 0 Å². The van der Waals surface area contributed by atoms with E-state index < -0.39 is 0 Å². The third-order valence-electron chi connectivity index (χ3n) is 5.55. The number of nitrogens with one attached hydrogen (secondary N) is 1. The summed E-state index contributed by atoms with van der Waals surface area (Å²) in [6, 6.07) is 8.05. The summed E-state index contributed by atoms with van der Waals surface area (Å²) in [5, 5.41) is 3.18. The molecule has 0 atom stereocenters.